The quantitative estimate of drug-likeness (QED) is 0.939. The molecule has 0 saturated heterocycles. The third kappa shape index (κ3) is 2.89. The Balaban J connectivity index is 1.85. The largest absolute Gasteiger partial charge is 0.316 e. The highest BCUT2D eigenvalue weighted by Gasteiger charge is 2.29. The SMILES string of the molecule is CNCc1csc(S(=O)(=O)N2CCc3ccccc3C2)c1. The van der Waals surface area contributed by atoms with Crippen molar-refractivity contribution in [1.29, 1.82) is 0 Å². The Kier molecular flexibility index (Phi) is 4.12. The molecule has 0 bridgehead atoms. The van der Waals surface area contributed by atoms with E-state index in [1.54, 1.807) is 10.4 Å². The Morgan fingerprint density at radius 2 is 2.05 bits per heavy atom. The molecule has 0 amide bonds. The van der Waals surface area contributed by atoms with Crippen molar-refractivity contribution in [2.45, 2.75) is 23.7 Å². The van der Waals surface area contributed by atoms with Crippen LogP contribution in [0.15, 0.2) is 39.9 Å². The predicted octanol–water partition coefficient (Wildman–Crippen LogP) is 2.21. The van der Waals surface area contributed by atoms with Gasteiger partial charge in [-0.2, -0.15) is 4.31 Å². The topological polar surface area (TPSA) is 49.4 Å². The van der Waals surface area contributed by atoms with Gasteiger partial charge in [0.25, 0.3) is 10.0 Å². The molecule has 4 nitrogen and oxygen atoms in total. The molecule has 1 N–H and O–H groups in total. The minimum Gasteiger partial charge on any atom is -0.316 e. The first-order chi connectivity index (χ1) is 10.1. The Morgan fingerprint density at radius 3 is 2.81 bits per heavy atom. The monoisotopic (exact) mass is 322 g/mol. The average molecular weight is 322 g/mol. The summed E-state index contributed by atoms with van der Waals surface area (Å²) in [7, 11) is -1.52. The minimum absolute atomic E-state index is 0.437. The number of nitrogens with one attached hydrogen (secondary N) is 1. The van der Waals surface area contributed by atoms with E-state index < -0.39 is 10.0 Å². The molecule has 1 aromatic heterocycles. The lowest BCUT2D eigenvalue weighted by molar-refractivity contribution is 0.392. The summed E-state index contributed by atoms with van der Waals surface area (Å²) in [5.74, 6) is 0. The van der Waals surface area contributed by atoms with Gasteiger partial charge in [0, 0.05) is 19.6 Å². The van der Waals surface area contributed by atoms with Gasteiger partial charge in [-0.15, -0.1) is 11.3 Å². The summed E-state index contributed by atoms with van der Waals surface area (Å²) < 4.78 is 27.5. The number of fused-ring (bicyclic) bond motifs is 1. The predicted molar refractivity (Wildman–Crippen MR) is 84.8 cm³/mol. The van der Waals surface area contributed by atoms with Gasteiger partial charge in [0.1, 0.15) is 4.21 Å². The summed E-state index contributed by atoms with van der Waals surface area (Å²) in [4.78, 5) is 0. The van der Waals surface area contributed by atoms with E-state index >= 15 is 0 Å². The van der Waals surface area contributed by atoms with Crippen molar-refractivity contribution in [3.05, 3.63) is 52.4 Å². The number of rotatable bonds is 4. The van der Waals surface area contributed by atoms with Crippen LogP contribution in [0, 0.1) is 0 Å². The van der Waals surface area contributed by atoms with E-state index in [9.17, 15) is 8.42 Å². The highest BCUT2D eigenvalue weighted by atomic mass is 32.2. The van der Waals surface area contributed by atoms with Crippen molar-refractivity contribution in [3.63, 3.8) is 0 Å². The molecule has 0 radical (unpaired) electrons. The molecule has 1 aliphatic rings. The summed E-state index contributed by atoms with van der Waals surface area (Å²) in [6.07, 6.45) is 0.782. The zero-order valence-corrected chi connectivity index (χ0v) is 13.5. The Bertz CT molecular complexity index is 738. The number of benzene rings is 1. The molecule has 6 heteroatoms. The molecule has 0 saturated carbocycles. The third-order valence-corrected chi connectivity index (χ3v) is 7.01. The van der Waals surface area contributed by atoms with Gasteiger partial charge >= 0.3 is 0 Å². The maximum Gasteiger partial charge on any atom is 0.252 e. The number of hydrogen-bond donors (Lipinski definition) is 1. The summed E-state index contributed by atoms with van der Waals surface area (Å²) in [6, 6.07) is 9.84. The first-order valence-electron chi connectivity index (χ1n) is 6.90. The lowest BCUT2D eigenvalue weighted by atomic mass is 10.0. The van der Waals surface area contributed by atoms with Gasteiger partial charge in [0.05, 0.1) is 0 Å². The smallest absolute Gasteiger partial charge is 0.252 e. The van der Waals surface area contributed by atoms with Crippen LogP contribution < -0.4 is 5.32 Å². The van der Waals surface area contributed by atoms with Crippen LogP contribution in [0.3, 0.4) is 0 Å². The minimum atomic E-state index is -3.38. The van der Waals surface area contributed by atoms with E-state index in [-0.39, 0.29) is 0 Å². The van der Waals surface area contributed by atoms with Gasteiger partial charge in [0.15, 0.2) is 0 Å². The van der Waals surface area contributed by atoms with Gasteiger partial charge in [-0.25, -0.2) is 8.42 Å². The van der Waals surface area contributed by atoms with Crippen LogP contribution in [0.25, 0.3) is 0 Å². The number of thiophene rings is 1. The lowest BCUT2D eigenvalue weighted by Gasteiger charge is -2.27. The highest BCUT2D eigenvalue weighted by Crippen LogP contribution is 2.28. The number of hydrogen-bond acceptors (Lipinski definition) is 4. The molecular formula is C15H18N2O2S2. The Morgan fingerprint density at radius 1 is 1.29 bits per heavy atom. The Labute approximate surface area is 129 Å². The van der Waals surface area contributed by atoms with Gasteiger partial charge in [-0.3, -0.25) is 0 Å². The fraction of sp³-hybridized carbons (Fsp3) is 0.333. The Hall–Kier alpha value is -1.21. The van der Waals surface area contributed by atoms with Crippen LogP contribution in [-0.4, -0.2) is 26.3 Å². The second kappa shape index (κ2) is 5.88. The van der Waals surface area contributed by atoms with Gasteiger partial charge in [0.2, 0.25) is 0 Å². The number of nitrogens with zero attached hydrogens (tertiary/aromatic N) is 1. The molecule has 0 spiro atoms. The van der Waals surface area contributed by atoms with Crippen LogP contribution >= 0.6 is 11.3 Å². The molecule has 21 heavy (non-hydrogen) atoms. The summed E-state index contributed by atoms with van der Waals surface area (Å²) in [5.41, 5.74) is 3.38. The van der Waals surface area contributed by atoms with E-state index in [0.717, 1.165) is 17.5 Å². The summed E-state index contributed by atoms with van der Waals surface area (Å²) in [5, 5.41) is 4.94. The molecule has 2 heterocycles. The average Bonchev–Trinajstić information content (AvgIpc) is 2.96. The molecule has 0 aliphatic carbocycles. The first-order valence-corrected chi connectivity index (χ1v) is 9.22. The van der Waals surface area contributed by atoms with Crippen molar-refractivity contribution < 1.29 is 8.42 Å². The van der Waals surface area contributed by atoms with E-state index in [2.05, 4.69) is 11.4 Å². The zero-order valence-electron chi connectivity index (χ0n) is 11.9. The van der Waals surface area contributed by atoms with Crippen molar-refractivity contribution in [3.8, 4) is 0 Å². The van der Waals surface area contributed by atoms with E-state index in [1.807, 2.05) is 30.6 Å². The molecule has 1 aromatic carbocycles. The van der Waals surface area contributed by atoms with E-state index in [0.29, 0.717) is 23.8 Å². The van der Waals surface area contributed by atoms with Crippen LogP contribution in [-0.2, 0) is 29.5 Å². The molecule has 0 atom stereocenters. The molecule has 0 fully saturated rings. The van der Waals surface area contributed by atoms with Crippen molar-refractivity contribution in [2.24, 2.45) is 0 Å². The molecule has 112 valence electrons. The van der Waals surface area contributed by atoms with Crippen LogP contribution in [0.1, 0.15) is 16.7 Å². The summed E-state index contributed by atoms with van der Waals surface area (Å²) >= 11 is 1.30. The highest BCUT2D eigenvalue weighted by molar-refractivity contribution is 7.91. The maximum atomic E-state index is 12.7. The first kappa shape index (κ1) is 14.7. The van der Waals surface area contributed by atoms with Gasteiger partial charge < -0.3 is 5.32 Å². The van der Waals surface area contributed by atoms with E-state index in [4.69, 9.17) is 0 Å². The van der Waals surface area contributed by atoms with Crippen molar-refractivity contribution in [2.75, 3.05) is 13.6 Å². The van der Waals surface area contributed by atoms with E-state index in [1.165, 1.54) is 16.9 Å². The molecule has 1 aliphatic heterocycles. The van der Waals surface area contributed by atoms with Crippen molar-refractivity contribution >= 4 is 21.4 Å². The summed E-state index contributed by atoms with van der Waals surface area (Å²) in [6.45, 7) is 1.71. The van der Waals surface area contributed by atoms with Gasteiger partial charge in [-0.1, -0.05) is 24.3 Å². The maximum absolute atomic E-state index is 12.7. The fourth-order valence-corrected chi connectivity index (χ4v) is 5.37. The molecule has 0 unspecified atom stereocenters. The zero-order chi connectivity index (χ0) is 14.9. The second-order valence-electron chi connectivity index (χ2n) is 5.16. The second-order valence-corrected chi connectivity index (χ2v) is 8.24. The van der Waals surface area contributed by atoms with Crippen LogP contribution in [0.4, 0.5) is 0 Å². The van der Waals surface area contributed by atoms with Crippen LogP contribution in [0.5, 0.6) is 0 Å². The molecule has 2 aromatic rings. The van der Waals surface area contributed by atoms with Crippen molar-refractivity contribution in [1.82, 2.24) is 9.62 Å². The van der Waals surface area contributed by atoms with Gasteiger partial charge in [-0.05, 0) is 41.6 Å². The number of sulfonamides is 1. The van der Waals surface area contributed by atoms with Crippen LogP contribution in [0.2, 0.25) is 0 Å². The lowest BCUT2D eigenvalue weighted by Crippen LogP contribution is -2.35. The fourth-order valence-electron chi connectivity index (χ4n) is 2.59. The third-order valence-electron chi connectivity index (χ3n) is 3.70. The molecular weight excluding hydrogens is 304 g/mol. The normalized spacial score (nSPS) is 15.9. The molecule has 3 rings (SSSR count). The standard InChI is InChI=1S/C15H18N2O2S2/c1-16-9-12-8-15(20-11-12)21(18,19)17-7-6-13-4-2-3-5-14(13)10-17/h2-5,8,11,16H,6-7,9-10H2,1H3.